The number of alkyl halides is 3. The highest BCUT2D eigenvalue weighted by atomic mass is 32.2. The number of nitrogens with one attached hydrogen (secondary N) is 2. The molecular formula is C23H24F3N3O5S. The molecule has 1 aliphatic carbocycles. The van der Waals surface area contributed by atoms with E-state index in [9.17, 15) is 31.2 Å². The van der Waals surface area contributed by atoms with Gasteiger partial charge in [-0.25, -0.2) is 18.4 Å². The number of nitrogens with two attached hydrogens (primary N) is 1. The fourth-order valence-electron chi connectivity index (χ4n) is 3.66. The molecule has 2 aromatic carbocycles. The second-order valence-electron chi connectivity index (χ2n) is 7.80. The van der Waals surface area contributed by atoms with Gasteiger partial charge in [-0.1, -0.05) is 0 Å². The largest absolute Gasteiger partial charge is 0.463 e. The van der Waals surface area contributed by atoms with E-state index < -0.39 is 39.7 Å². The molecule has 0 aliphatic heterocycles. The van der Waals surface area contributed by atoms with Crippen LogP contribution in [0.1, 0.15) is 42.1 Å². The first-order valence-corrected chi connectivity index (χ1v) is 12.2. The lowest BCUT2D eigenvalue weighted by Crippen LogP contribution is -2.39. The second-order valence-corrected chi connectivity index (χ2v) is 9.36. The van der Waals surface area contributed by atoms with Gasteiger partial charge >= 0.3 is 12.1 Å². The van der Waals surface area contributed by atoms with Gasteiger partial charge in [0.2, 0.25) is 10.0 Å². The molecule has 2 aromatic rings. The van der Waals surface area contributed by atoms with Crippen molar-refractivity contribution in [2.45, 2.75) is 43.3 Å². The summed E-state index contributed by atoms with van der Waals surface area (Å²) < 4.78 is 66.7. The Morgan fingerprint density at radius 1 is 1.09 bits per heavy atom. The zero-order valence-electron chi connectivity index (χ0n) is 18.7. The lowest BCUT2D eigenvalue weighted by Gasteiger charge is -2.30. The van der Waals surface area contributed by atoms with E-state index in [0.717, 1.165) is 12.1 Å². The Morgan fingerprint density at radius 2 is 1.71 bits per heavy atom. The predicted molar refractivity (Wildman–Crippen MR) is 122 cm³/mol. The van der Waals surface area contributed by atoms with Gasteiger partial charge in [0.1, 0.15) is 0 Å². The molecule has 1 atom stereocenters. The van der Waals surface area contributed by atoms with Gasteiger partial charge in [-0.05, 0) is 74.7 Å². The smallest absolute Gasteiger partial charge is 0.416 e. The fourth-order valence-corrected chi connectivity index (χ4v) is 4.17. The topological polar surface area (TPSA) is 128 Å². The van der Waals surface area contributed by atoms with Crippen molar-refractivity contribution in [1.82, 2.24) is 5.32 Å². The van der Waals surface area contributed by atoms with Crippen LogP contribution < -0.4 is 15.8 Å². The van der Waals surface area contributed by atoms with E-state index >= 15 is 0 Å². The predicted octanol–water partition coefficient (Wildman–Crippen LogP) is 3.56. The van der Waals surface area contributed by atoms with Gasteiger partial charge in [-0.3, -0.25) is 4.79 Å². The van der Waals surface area contributed by atoms with Crippen LogP contribution in [0, 0.1) is 0 Å². The highest BCUT2D eigenvalue weighted by Crippen LogP contribution is 2.31. The zero-order chi connectivity index (χ0) is 25.8. The first kappa shape index (κ1) is 26.2. The summed E-state index contributed by atoms with van der Waals surface area (Å²) in [5, 5.41) is 10.9. The minimum Gasteiger partial charge on any atom is -0.463 e. The third-order valence-corrected chi connectivity index (χ3v) is 6.29. The Balaban J connectivity index is 1.89. The third-order valence-electron chi connectivity index (χ3n) is 5.36. The standard InChI is InChI=1S/C23H24F3N3O5S/c1-2-34-22(31)18-4-3-5-19(28-16-10-8-15(9-11-16)23(24,25)26)20(18)29-21(30)14-6-12-17(13-7-14)35(27,32)33/h6-13,19,28H,2-5H2,1H3,(H,29,30)(H2,27,32,33). The molecule has 1 unspecified atom stereocenters. The second kappa shape index (κ2) is 10.5. The molecule has 0 fully saturated rings. The number of carbonyl (C=O) groups excluding carboxylic acids is 2. The highest BCUT2D eigenvalue weighted by molar-refractivity contribution is 7.89. The normalized spacial score (nSPS) is 16.5. The van der Waals surface area contributed by atoms with Gasteiger partial charge in [0.05, 0.1) is 34.4 Å². The molecule has 0 saturated heterocycles. The van der Waals surface area contributed by atoms with E-state index in [0.29, 0.717) is 24.9 Å². The number of sulfonamides is 1. The molecule has 0 bridgehead atoms. The van der Waals surface area contributed by atoms with E-state index in [1.165, 1.54) is 36.4 Å². The number of rotatable bonds is 7. The van der Waals surface area contributed by atoms with Crippen molar-refractivity contribution in [1.29, 1.82) is 0 Å². The number of carbonyl (C=O) groups is 2. The van der Waals surface area contributed by atoms with Crippen LogP contribution in [-0.4, -0.2) is 32.9 Å². The maximum Gasteiger partial charge on any atom is 0.416 e. The first-order chi connectivity index (χ1) is 16.4. The lowest BCUT2D eigenvalue weighted by atomic mass is 9.91. The Bertz CT molecular complexity index is 1220. The summed E-state index contributed by atoms with van der Waals surface area (Å²) in [6.07, 6.45) is -3.07. The van der Waals surface area contributed by atoms with Crippen molar-refractivity contribution in [3.05, 3.63) is 70.9 Å². The van der Waals surface area contributed by atoms with Gasteiger partial charge in [-0.2, -0.15) is 13.2 Å². The Morgan fingerprint density at radius 3 is 2.26 bits per heavy atom. The molecular weight excluding hydrogens is 487 g/mol. The molecule has 0 spiro atoms. The molecule has 1 aliphatic rings. The number of benzene rings is 2. The molecule has 8 nitrogen and oxygen atoms in total. The maximum absolute atomic E-state index is 12.9. The van der Waals surface area contributed by atoms with Crippen LogP contribution in [0.4, 0.5) is 18.9 Å². The number of primary sulfonamides is 1. The maximum atomic E-state index is 12.9. The number of hydrogen-bond donors (Lipinski definition) is 3. The quantitative estimate of drug-likeness (QED) is 0.488. The molecule has 1 amide bonds. The van der Waals surface area contributed by atoms with E-state index in [4.69, 9.17) is 9.88 Å². The summed E-state index contributed by atoms with van der Waals surface area (Å²) in [6, 6.07) is 8.75. The van der Waals surface area contributed by atoms with Crippen LogP contribution in [0.25, 0.3) is 0 Å². The van der Waals surface area contributed by atoms with Crippen LogP contribution in [0.3, 0.4) is 0 Å². The molecule has 35 heavy (non-hydrogen) atoms. The number of ether oxygens (including phenoxy) is 1. The van der Waals surface area contributed by atoms with Crippen molar-refractivity contribution >= 4 is 27.6 Å². The Hall–Kier alpha value is -3.38. The van der Waals surface area contributed by atoms with Gasteiger partial charge < -0.3 is 15.4 Å². The molecule has 12 heteroatoms. The number of esters is 1. The average Bonchev–Trinajstić information content (AvgIpc) is 2.79. The summed E-state index contributed by atoms with van der Waals surface area (Å²) in [5.41, 5.74) is 0.183. The number of anilines is 1. The minimum absolute atomic E-state index is 0.118. The highest BCUT2D eigenvalue weighted by Gasteiger charge is 2.31. The van der Waals surface area contributed by atoms with Crippen LogP contribution in [-0.2, 0) is 25.7 Å². The van der Waals surface area contributed by atoms with Crippen molar-refractivity contribution < 1.29 is 35.9 Å². The summed E-state index contributed by atoms with van der Waals surface area (Å²) in [6.45, 7) is 1.76. The fraction of sp³-hybridized carbons (Fsp3) is 0.304. The number of amides is 1. The Labute approximate surface area is 200 Å². The molecule has 0 saturated carbocycles. The lowest BCUT2D eigenvalue weighted by molar-refractivity contribution is -0.139. The molecule has 188 valence electrons. The monoisotopic (exact) mass is 511 g/mol. The van der Waals surface area contributed by atoms with Gasteiger partial charge in [0.25, 0.3) is 5.91 Å². The molecule has 0 radical (unpaired) electrons. The zero-order valence-corrected chi connectivity index (χ0v) is 19.5. The van der Waals surface area contributed by atoms with Crippen LogP contribution in [0.5, 0.6) is 0 Å². The number of halogens is 3. The van der Waals surface area contributed by atoms with E-state index in [1.54, 1.807) is 6.92 Å². The van der Waals surface area contributed by atoms with Crippen molar-refractivity contribution in [3.8, 4) is 0 Å². The summed E-state index contributed by atoms with van der Waals surface area (Å²) >= 11 is 0. The van der Waals surface area contributed by atoms with Crippen molar-refractivity contribution in [3.63, 3.8) is 0 Å². The summed E-state index contributed by atoms with van der Waals surface area (Å²) in [5.74, 6) is -1.21. The van der Waals surface area contributed by atoms with Crippen LogP contribution >= 0.6 is 0 Å². The summed E-state index contributed by atoms with van der Waals surface area (Å²) in [4.78, 5) is 25.3. The summed E-state index contributed by atoms with van der Waals surface area (Å²) in [7, 11) is -3.94. The van der Waals surface area contributed by atoms with Crippen molar-refractivity contribution in [2.24, 2.45) is 5.14 Å². The molecule has 0 aromatic heterocycles. The Kier molecular flexibility index (Phi) is 7.86. The average molecular weight is 512 g/mol. The third kappa shape index (κ3) is 6.61. The van der Waals surface area contributed by atoms with Crippen LogP contribution in [0.15, 0.2) is 64.7 Å². The molecule has 0 heterocycles. The SMILES string of the molecule is CCOC(=O)C1=C(NC(=O)c2ccc(S(N)(=O)=O)cc2)C(Nc2ccc(C(F)(F)F)cc2)CCC1. The van der Waals surface area contributed by atoms with Gasteiger partial charge in [-0.15, -0.1) is 0 Å². The van der Waals surface area contributed by atoms with Gasteiger partial charge in [0, 0.05) is 11.3 Å². The first-order valence-electron chi connectivity index (χ1n) is 10.7. The van der Waals surface area contributed by atoms with E-state index in [-0.39, 0.29) is 28.3 Å². The minimum atomic E-state index is -4.47. The van der Waals surface area contributed by atoms with Crippen LogP contribution in [0.2, 0.25) is 0 Å². The molecule has 4 N–H and O–H groups in total. The van der Waals surface area contributed by atoms with Gasteiger partial charge in [0.15, 0.2) is 0 Å². The van der Waals surface area contributed by atoms with E-state index in [2.05, 4.69) is 10.6 Å². The van der Waals surface area contributed by atoms with Crippen molar-refractivity contribution in [2.75, 3.05) is 11.9 Å². The molecule has 3 rings (SSSR count). The number of hydrogen-bond acceptors (Lipinski definition) is 6. The van der Waals surface area contributed by atoms with E-state index in [1.807, 2.05) is 0 Å².